The summed E-state index contributed by atoms with van der Waals surface area (Å²) < 4.78 is 0. The molecule has 0 aromatic heterocycles. The van der Waals surface area contributed by atoms with Crippen LogP contribution >= 0.6 is 23.2 Å². The first kappa shape index (κ1) is 26.2. The van der Waals surface area contributed by atoms with Crippen molar-refractivity contribution in [2.45, 2.75) is 64.2 Å². The molecule has 0 fully saturated rings. The number of rotatable bonds is 15. The minimum Gasteiger partial charge on any atom is -0.507 e. The highest BCUT2D eigenvalue weighted by Crippen LogP contribution is 2.20. The van der Waals surface area contributed by atoms with Crippen LogP contribution in [-0.4, -0.2) is 35.7 Å². The van der Waals surface area contributed by atoms with E-state index in [9.17, 15) is 10.2 Å². The summed E-state index contributed by atoms with van der Waals surface area (Å²) in [5, 5.41) is 20.7. The van der Waals surface area contributed by atoms with Crippen LogP contribution < -0.4 is 0 Å². The van der Waals surface area contributed by atoms with Crippen molar-refractivity contribution in [3.8, 4) is 11.5 Å². The van der Waals surface area contributed by atoms with Gasteiger partial charge in [0.2, 0.25) is 0 Å². The highest BCUT2D eigenvalue weighted by molar-refractivity contribution is 6.31. The van der Waals surface area contributed by atoms with E-state index in [1.807, 2.05) is 0 Å². The molecule has 2 aromatic carbocycles. The van der Waals surface area contributed by atoms with Crippen LogP contribution in [0.3, 0.4) is 0 Å². The van der Waals surface area contributed by atoms with E-state index in [2.05, 4.69) is 9.98 Å². The molecule has 0 amide bonds. The summed E-state index contributed by atoms with van der Waals surface area (Å²) in [5.74, 6) is 0.424. The van der Waals surface area contributed by atoms with E-state index >= 15 is 0 Å². The normalized spacial score (nSPS) is 11.7. The number of nitrogens with zero attached hydrogens (tertiary/aromatic N) is 2. The Bertz CT molecular complexity index is 797. The van der Waals surface area contributed by atoms with Crippen molar-refractivity contribution in [2.75, 3.05) is 13.1 Å². The molecule has 2 rings (SSSR count). The molecule has 0 aliphatic heterocycles. The fraction of sp³-hybridized carbons (Fsp3) is 0.462. The van der Waals surface area contributed by atoms with Crippen LogP contribution in [-0.2, 0) is 0 Å². The molecule has 0 atom stereocenters. The van der Waals surface area contributed by atoms with E-state index in [-0.39, 0.29) is 11.5 Å². The predicted molar refractivity (Wildman–Crippen MR) is 137 cm³/mol. The van der Waals surface area contributed by atoms with E-state index in [1.54, 1.807) is 48.8 Å². The fourth-order valence-corrected chi connectivity index (χ4v) is 3.76. The molecule has 6 heteroatoms. The Morgan fingerprint density at radius 2 is 0.906 bits per heavy atom. The third-order valence-electron chi connectivity index (χ3n) is 5.26. The van der Waals surface area contributed by atoms with Crippen molar-refractivity contribution in [3.63, 3.8) is 0 Å². The molecular weight excluding hydrogens is 443 g/mol. The number of phenols is 2. The van der Waals surface area contributed by atoms with Gasteiger partial charge in [0.05, 0.1) is 0 Å². The average molecular weight is 477 g/mol. The number of hydrogen-bond donors (Lipinski definition) is 2. The maximum absolute atomic E-state index is 9.74. The minimum absolute atomic E-state index is 0.212. The molecule has 32 heavy (non-hydrogen) atoms. The number of aromatic hydroxyl groups is 2. The minimum atomic E-state index is 0.212. The van der Waals surface area contributed by atoms with Gasteiger partial charge in [0.15, 0.2) is 0 Å². The number of phenolic OH excluding ortho intramolecular Hbond substituents is 2. The Morgan fingerprint density at radius 3 is 1.28 bits per heavy atom. The maximum Gasteiger partial charge on any atom is 0.124 e. The van der Waals surface area contributed by atoms with Crippen molar-refractivity contribution < 1.29 is 10.2 Å². The van der Waals surface area contributed by atoms with E-state index in [1.165, 1.54) is 51.4 Å². The second-order valence-corrected chi connectivity index (χ2v) is 8.89. The van der Waals surface area contributed by atoms with Crippen LogP contribution in [0, 0.1) is 0 Å². The SMILES string of the molecule is Oc1ccc(Cl)cc1C=NCCCCCCCCCCCCN=Cc1cc(Cl)ccc1O. The predicted octanol–water partition coefficient (Wildman–Crippen LogP) is 7.84. The summed E-state index contributed by atoms with van der Waals surface area (Å²) >= 11 is 11.9. The monoisotopic (exact) mass is 476 g/mol. The van der Waals surface area contributed by atoms with E-state index < -0.39 is 0 Å². The van der Waals surface area contributed by atoms with Gasteiger partial charge in [0, 0.05) is 46.7 Å². The smallest absolute Gasteiger partial charge is 0.124 e. The van der Waals surface area contributed by atoms with Gasteiger partial charge < -0.3 is 10.2 Å². The summed E-state index contributed by atoms with van der Waals surface area (Å²) in [6.45, 7) is 1.57. The number of halogens is 2. The fourth-order valence-electron chi connectivity index (χ4n) is 3.40. The van der Waals surface area contributed by atoms with E-state index in [0.29, 0.717) is 21.2 Å². The van der Waals surface area contributed by atoms with Gasteiger partial charge in [-0.15, -0.1) is 0 Å². The molecule has 0 radical (unpaired) electrons. The van der Waals surface area contributed by atoms with Crippen molar-refractivity contribution >= 4 is 35.6 Å². The second-order valence-electron chi connectivity index (χ2n) is 8.01. The lowest BCUT2D eigenvalue weighted by Gasteiger charge is -2.02. The molecule has 174 valence electrons. The van der Waals surface area contributed by atoms with Gasteiger partial charge in [-0.2, -0.15) is 0 Å². The molecule has 0 aliphatic carbocycles. The summed E-state index contributed by atoms with van der Waals surface area (Å²) in [4.78, 5) is 8.77. The lowest BCUT2D eigenvalue weighted by molar-refractivity contribution is 0.474. The zero-order valence-electron chi connectivity index (χ0n) is 18.6. The Morgan fingerprint density at radius 1 is 0.562 bits per heavy atom. The van der Waals surface area contributed by atoms with Crippen molar-refractivity contribution in [1.82, 2.24) is 0 Å². The highest BCUT2D eigenvalue weighted by Gasteiger charge is 1.99. The number of unbranched alkanes of at least 4 members (excludes halogenated alkanes) is 9. The Balaban J connectivity index is 1.39. The molecule has 0 heterocycles. The zero-order valence-corrected chi connectivity index (χ0v) is 20.2. The second kappa shape index (κ2) is 15.7. The third kappa shape index (κ3) is 11.0. The van der Waals surface area contributed by atoms with Gasteiger partial charge in [-0.3, -0.25) is 9.98 Å². The topological polar surface area (TPSA) is 65.2 Å². The molecular formula is C26H34Cl2N2O2. The van der Waals surface area contributed by atoms with Gasteiger partial charge in [0.25, 0.3) is 0 Å². The standard InChI is InChI=1S/C26H34Cl2N2O2/c27-23-11-13-25(31)21(17-23)19-29-15-9-7-5-3-1-2-4-6-8-10-16-30-20-22-18-24(28)12-14-26(22)32/h11-14,17-20,31-32H,1-10,15-16H2. The van der Waals surface area contributed by atoms with E-state index in [4.69, 9.17) is 23.2 Å². The molecule has 2 N–H and O–H groups in total. The summed E-state index contributed by atoms with van der Waals surface area (Å²) in [5.41, 5.74) is 1.34. The molecule has 4 nitrogen and oxygen atoms in total. The first-order valence-corrected chi connectivity index (χ1v) is 12.3. The summed E-state index contributed by atoms with van der Waals surface area (Å²) in [6, 6.07) is 9.96. The van der Waals surface area contributed by atoms with Crippen LogP contribution in [0.1, 0.15) is 75.3 Å². The van der Waals surface area contributed by atoms with Crippen LogP contribution in [0.4, 0.5) is 0 Å². The highest BCUT2D eigenvalue weighted by atomic mass is 35.5. The van der Waals surface area contributed by atoms with Crippen LogP contribution in [0.5, 0.6) is 11.5 Å². The molecule has 0 bridgehead atoms. The van der Waals surface area contributed by atoms with Crippen molar-refractivity contribution in [2.24, 2.45) is 9.98 Å². The van der Waals surface area contributed by atoms with Crippen LogP contribution in [0.25, 0.3) is 0 Å². The molecule has 0 saturated heterocycles. The Kier molecular flexibility index (Phi) is 12.9. The van der Waals surface area contributed by atoms with Crippen LogP contribution in [0.15, 0.2) is 46.4 Å². The summed E-state index contributed by atoms with van der Waals surface area (Å²) in [7, 11) is 0. The Labute approximate surface area is 202 Å². The first-order valence-electron chi connectivity index (χ1n) is 11.5. The van der Waals surface area contributed by atoms with Gasteiger partial charge in [-0.25, -0.2) is 0 Å². The molecule has 0 aliphatic rings. The Hall–Kier alpha value is -2.04. The van der Waals surface area contributed by atoms with Gasteiger partial charge >= 0.3 is 0 Å². The number of hydrogen-bond acceptors (Lipinski definition) is 4. The molecule has 0 saturated carbocycles. The van der Waals surface area contributed by atoms with Crippen LogP contribution in [0.2, 0.25) is 10.0 Å². The van der Waals surface area contributed by atoms with E-state index in [0.717, 1.165) is 25.9 Å². The van der Waals surface area contributed by atoms with Gasteiger partial charge in [-0.1, -0.05) is 74.6 Å². The number of aliphatic imine (C=N–C) groups is 2. The van der Waals surface area contributed by atoms with Gasteiger partial charge in [0.1, 0.15) is 11.5 Å². The zero-order chi connectivity index (χ0) is 23.0. The summed E-state index contributed by atoms with van der Waals surface area (Å²) in [6.07, 6.45) is 15.6. The van der Waals surface area contributed by atoms with Crippen molar-refractivity contribution in [1.29, 1.82) is 0 Å². The maximum atomic E-state index is 9.74. The third-order valence-corrected chi connectivity index (χ3v) is 5.73. The number of benzene rings is 2. The molecule has 2 aromatic rings. The quantitative estimate of drug-likeness (QED) is 0.203. The molecule has 0 unspecified atom stereocenters. The largest absolute Gasteiger partial charge is 0.507 e. The molecule has 0 spiro atoms. The van der Waals surface area contributed by atoms with Gasteiger partial charge in [-0.05, 0) is 49.2 Å². The van der Waals surface area contributed by atoms with Crippen molar-refractivity contribution in [3.05, 3.63) is 57.6 Å². The lowest BCUT2D eigenvalue weighted by Crippen LogP contribution is -1.88. The lowest BCUT2D eigenvalue weighted by atomic mass is 10.1. The first-order chi connectivity index (χ1) is 15.6. The average Bonchev–Trinajstić information content (AvgIpc) is 2.78.